The quantitative estimate of drug-likeness (QED) is 0.0751. The van der Waals surface area contributed by atoms with E-state index >= 15 is 0 Å². The standard InChI is InChI=1S/C20H35N9O5/c1-3-11(2)16(19(33)34)29-15(30)9-26-18(32)14(7-12-8-24-10-27-12)28-17(31)13(21)5-4-6-25-20(22)23/h8,10-11,13-14,16H,3-7,9,21H2,1-2H3,(H,24,27)(H,26,32)(H,28,31)(H,29,30)(H,33,34)(H4,22,23,25). The number of hydrogen-bond donors (Lipinski definition) is 8. The summed E-state index contributed by atoms with van der Waals surface area (Å²) in [5.41, 5.74) is 17.0. The van der Waals surface area contributed by atoms with E-state index in [0.29, 0.717) is 25.1 Å². The lowest BCUT2D eigenvalue weighted by Crippen LogP contribution is -2.54. The van der Waals surface area contributed by atoms with Crippen molar-refractivity contribution in [2.24, 2.45) is 28.1 Å². The number of nitrogens with two attached hydrogens (primary N) is 3. The number of H-pyrrole nitrogens is 1. The number of carbonyl (C=O) groups is 4. The first-order valence-electron chi connectivity index (χ1n) is 10.9. The monoisotopic (exact) mass is 481 g/mol. The molecule has 0 spiro atoms. The molecule has 14 nitrogen and oxygen atoms in total. The number of guanidine groups is 1. The Morgan fingerprint density at radius 2 is 1.91 bits per heavy atom. The smallest absolute Gasteiger partial charge is 0.326 e. The minimum atomic E-state index is -1.16. The van der Waals surface area contributed by atoms with Crippen molar-refractivity contribution in [1.82, 2.24) is 25.9 Å². The molecule has 190 valence electrons. The fourth-order valence-electron chi connectivity index (χ4n) is 2.95. The maximum absolute atomic E-state index is 12.7. The van der Waals surface area contributed by atoms with E-state index < -0.39 is 48.4 Å². The van der Waals surface area contributed by atoms with Gasteiger partial charge in [0, 0.05) is 24.9 Å². The summed E-state index contributed by atoms with van der Waals surface area (Å²) in [4.78, 5) is 59.4. The first kappa shape index (κ1) is 28.4. The maximum Gasteiger partial charge on any atom is 0.326 e. The summed E-state index contributed by atoms with van der Waals surface area (Å²) in [6.45, 7) is 3.36. The molecule has 1 aromatic heterocycles. The van der Waals surface area contributed by atoms with Crippen LogP contribution in [0.1, 0.15) is 38.8 Å². The Bertz CT molecular complexity index is 839. The molecule has 0 fully saturated rings. The van der Waals surface area contributed by atoms with Gasteiger partial charge in [-0.25, -0.2) is 9.78 Å². The van der Waals surface area contributed by atoms with Gasteiger partial charge < -0.3 is 43.2 Å². The molecule has 0 saturated heterocycles. The largest absolute Gasteiger partial charge is 0.480 e. The number of carboxylic acids is 1. The Morgan fingerprint density at radius 1 is 1.21 bits per heavy atom. The van der Waals surface area contributed by atoms with Crippen LogP contribution in [0, 0.1) is 5.92 Å². The Kier molecular flexibility index (Phi) is 12.1. The van der Waals surface area contributed by atoms with Gasteiger partial charge in [0.25, 0.3) is 0 Å². The molecule has 0 saturated carbocycles. The van der Waals surface area contributed by atoms with E-state index in [1.807, 2.05) is 6.92 Å². The third-order valence-corrected chi connectivity index (χ3v) is 5.13. The number of nitrogens with one attached hydrogen (secondary N) is 4. The van der Waals surface area contributed by atoms with Crippen molar-refractivity contribution in [3.8, 4) is 0 Å². The van der Waals surface area contributed by atoms with E-state index in [2.05, 4.69) is 30.9 Å². The van der Waals surface area contributed by atoms with Crippen molar-refractivity contribution >= 4 is 29.7 Å². The Balaban J connectivity index is 2.71. The molecule has 0 aromatic carbocycles. The number of imidazole rings is 1. The summed E-state index contributed by atoms with van der Waals surface area (Å²) < 4.78 is 0. The molecule has 1 rings (SSSR count). The lowest BCUT2D eigenvalue weighted by atomic mass is 9.99. The summed E-state index contributed by atoms with van der Waals surface area (Å²) >= 11 is 0. The van der Waals surface area contributed by atoms with Gasteiger partial charge in [0.1, 0.15) is 12.1 Å². The van der Waals surface area contributed by atoms with Gasteiger partial charge in [0.2, 0.25) is 17.7 Å². The number of rotatable bonds is 15. The highest BCUT2D eigenvalue weighted by Gasteiger charge is 2.27. The lowest BCUT2D eigenvalue weighted by Gasteiger charge is -2.22. The molecule has 1 heterocycles. The van der Waals surface area contributed by atoms with Gasteiger partial charge in [0.05, 0.1) is 18.9 Å². The van der Waals surface area contributed by atoms with Crippen molar-refractivity contribution in [1.29, 1.82) is 0 Å². The Labute approximate surface area is 197 Å². The van der Waals surface area contributed by atoms with Crippen LogP contribution in [0.2, 0.25) is 0 Å². The number of aromatic nitrogens is 2. The second-order valence-corrected chi connectivity index (χ2v) is 7.88. The first-order chi connectivity index (χ1) is 16.0. The molecule has 0 bridgehead atoms. The fourth-order valence-corrected chi connectivity index (χ4v) is 2.95. The molecule has 0 radical (unpaired) electrons. The second-order valence-electron chi connectivity index (χ2n) is 7.88. The van der Waals surface area contributed by atoms with Gasteiger partial charge in [-0.05, 0) is 18.8 Å². The number of aromatic amines is 1. The summed E-state index contributed by atoms with van der Waals surface area (Å²) in [6.07, 6.45) is 4.30. The van der Waals surface area contributed by atoms with Crippen molar-refractivity contribution in [3.05, 3.63) is 18.2 Å². The highest BCUT2D eigenvalue weighted by atomic mass is 16.4. The number of nitrogens with zero attached hydrogens (tertiary/aromatic N) is 2. The summed E-state index contributed by atoms with van der Waals surface area (Å²) in [5.74, 6) is -3.37. The zero-order valence-corrected chi connectivity index (χ0v) is 19.4. The highest BCUT2D eigenvalue weighted by molar-refractivity contribution is 5.92. The van der Waals surface area contributed by atoms with Gasteiger partial charge >= 0.3 is 5.97 Å². The molecule has 34 heavy (non-hydrogen) atoms. The van der Waals surface area contributed by atoms with E-state index in [9.17, 15) is 24.3 Å². The van der Waals surface area contributed by atoms with Crippen LogP contribution in [-0.2, 0) is 25.6 Å². The zero-order valence-electron chi connectivity index (χ0n) is 19.4. The number of amides is 3. The molecular formula is C20H35N9O5. The van der Waals surface area contributed by atoms with E-state index in [0.717, 1.165) is 0 Å². The summed E-state index contributed by atoms with van der Waals surface area (Å²) in [6, 6.07) is -3.03. The summed E-state index contributed by atoms with van der Waals surface area (Å²) in [5, 5.41) is 16.7. The predicted octanol–water partition coefficient (Wildman–Crippen LogP) is -2.45. The third-order valence-electron chi connectivity index (χ3n) is 5.13. The average molecular weight is 482 g/mol. The minimum absolute atomic E-state index is 0.0582. The van der Waals surface area contributed by atoms with Gasteiger partial charge in [-0.1, -0.05) is 20.3 Å². The summed E-state index contributed by atoms with van der Waals surface area (Å²) in [7, 11) is 0. The second kappa shape index (κ2) is 14.5. The van der Waals surface area contributed by atoms with E-state index in [-0.39, 0.29) is 24.7 Å². The number of aliphatic imine (C=N–C) groups is 1. The third kappa shape index (κ3) is 10.3. The molecule has 4 unspecified atom stereocenters. The SMILES string of the molecule is CCC(C)C(NC(=O)CNC(=O)C(Cc1cnc[nH]1)NC(=O)C(N)CCCN=C(N)N)C(=O)O. The maximum atomic E-state index is 12.7. The van der Waals surface area contributed by atoms with Crippen molar-refractivity contribution in [2.75, 3.05) is 13.1 Å². The normalized spacial score (nSPS) is 14.2. The van der Waals surface area contributed by atoms with Gasteiger partial charge in [-0.3, -0.25) is 19.4 Å². The van der Waals surface area contributed by atoms with Gasteiger partial charge in [-0.2, -0.15) is 0 Å². The molecular weight excluding hydrogens is 446 g/mol. The van der Waals surface area contributed by atoms with E-state index in [1.54, 1.807) is 6.92 Å². The van der Waals surface area contributed by atoms with Crippen molar-refractivity contribution < 1.29 is 24.3 Å². The number of hydrogen-bond acceptors (Lipinski definition) is 7. The van der Waals surface area contributed by atoms with Crippen LogP contribution < -0.4 is 33.2 Å². The van der Waals surface area contributed by atoms with Crippen LogP contribution in [0.25, 0.3) is 0 Å². The minimum Gasteiger partial charge on any atom is -0.480 e. The van der Waals surface area contributed by atoms with Crippen LogP contribution in [0.3, 0.4) is 0 Å². The molecule has 0 aliphatic heterocycles. The fraction of sp³-hybridized carbons (Fsp3) is 0.600. The molecule has 11 N–H and O–H groups in total. The number of aliphatic carboxylic acids is 1. The molecule has 14 heteroatoms. The predicted molar refractivity (Wildman–Crippen MR) is 124 cm³/mol. The van der Waals surface area contributed by atoms with Crippen LogP contribution in [0.4, 0.5) is 0 Å². The Morgan fingerprint density at radius 3 is 2.47 bits per heavy atom. The zero-order chi connectivity index (χ0) is 25.7. The lowest BCUT2D eigenvalue weighted by molar-refractivity contribution is -0.143. The van der Waals surface area contributed by atoms with Gasteiger partial charge in [-0.15, -0.1) is 0 Å². The first-order valence-corrected chi connectivity index (χ1v) is 10.9. The van der Waals surface area contributed by atoms with Crippen molar-refractivity contribution in [2.45, 2.75) is 57.7 Å². The molecule has 0 aliphatic rings. The molecule has 1 aromatic rings. The van der Waals surface area contributed by atoms with E-state index in [1.165, 1.54) is 12.5 Å². The average Bonchev–Trinajstić information content (AvgIpc) is 3.30. The number of carbonyl (C=O) groups excluding carboxylic acids is 3. The highest BCUT2D eigenvalue weighted by Crippen LogP contribution is 2.07. The molecule has 4 atom stereocenters. The Hall–Kier alpha value is -3.68. The van der Waals surface area contributed by atoms with Crippen LogP contribution in [0.5, 0.6) is 0 Å². The number of carboxylic acid groups (broad SMARTS) is 1. The molecule has 0 aliphatic carbocycles. The van der Waals surface area contributed by atoms with Crippen molar-refractivity contribution in [3.63, 3.8) is 0 Å². The van der Waals surface area contributed by atoms with E-state index in [4.69, 9.17) is 17.2 Å². The van der Waals surface area contributed by atoms with Crippen LogP contribution in [0.15, 0.2) is 17.5 Å². The topological polar surface area (TPSA) is 244 Å². The van der Waals surface area contributed by atoms with Crippen LogP contribution in [-0.4, -0.2) is 75.9 Å². The molecule has 3 amide bonds. The van der Waals surface area contributed by atoms with Gasteiger partial charge in [0.15, 0.2) is 5.96 Å². The van der Waals surface area contributed by atoms with Crippen LogP contribution >= 0.6 is 0 Å².